The first kappa shape index (κ1) is 43.0. The first-order valence-electron chi connectivity index (χ1n) is 14.8. The highest BCUT2D eigenvalue weighted by Crippen LogP contribution is 2.09. The summed E-state index contributed by atoms with van der Waals surface area (Å²) in [6, 6.07) is 0. The van der Waals surface area contributed by atoms with Crippen LogP contribution in [0.4, 0.5) is 4.79 Å². The lowest BCUT2D eigenvalue weighted by Crippen LogP contribution is -2.49. The summed E-state index contributed by atoms with van der Waals surface area (Å²) < 4.78 is 5.20. The number of ether oxygens (including phenoxy) is 1. The van der Waals surface area contributed by atoms with Crippen molar-refractivity contribution in [1.82, 2.24) is 39.2 Å². The first-order valence-corrected chi connectivity index (χ1v) is 14.8. The summed E-state index contributed by atoms with van der Waals surface area (Å²) >= 11 is 0. The van der Waals surface area contributed by atoms with Gasteiger partial charge in [-0.15, -0.1) is 0 Å². The van der Waals surface area contributed by atoms with Crippen LogP contribution in [0.1, 0.15) is 20.8 Å². The van der Waals surface area contributed by atoms with E-state index < -0.39 is 78.6 Å². The molecule has 0 atom stereocenters. The summed E-state index contributed by atoms with van der Waals surface area (Å²) in [5, 5.41) is 0. The molecule has 0 spiro atoms. The van der Waals surface area contributed by atoms with Crippen LogP contribution in [0, 0.1) is 0 Å². The van der Waals surface area contributed by atoms with Crippen molar-refractivity contribution in [1.29, 1.82) is 0 Å². The zero-order chi connectivity index (χ0) is 37.7. The zero-order valence-electron chi connectivity index (χ0n) is 29.9. The molecule has 0 aliphatic heterocycles. The fraction of sp³-hybridized carbons (Fsp3) is 0.690. The summed E-state index contributed by atoms with van der Waals surface area (Å²) in [4.78, 5) is 120. The van der Waals surface area contributed by atoms with E-state index in [9.17, 15) is 43.2 Å². The van der Waals surface area contributed by atoms with Gasteiger partial charge in [0.05, 0.1) is 45.8 Å². The van der Waals surface area contributed by atoms with E-state index in [1.165, 1.54) is 56.4 Å². The van der Waals surface area contributed by atoms with Gasteiger partial charge in [0.1, 0.15) is 12.1 Å². The van der Waals surface area contributed by atoms with Gasteiger partial charge in [-0.3, -0.25) is 38.4 Å². The van der Waals surface area contributed by atoms with Crippen LogP contribution in [-0.4, -0.2) is 207 Å². The van der Waals surface area contributed by atoms with Crippen LogP contribution in [0.2, 0.25) is 0 Å². The molecule has 272 valence electrons. The number of carbonyl (C=O) groups is 9. The molecule has 0 aliphatic rings. The maximum atomic E-state index is 12.7. The standard InChI is InChI=1S/C29H51N9O10/c1-29(2,3)48-28(47)38(11)19-27(46)37(10)18-26(45)36(9)17-25(44)35(8)16-24(43)34(7)15-23(42)33(6)14-22(41)32(5)13-21(40)31(4)12-20(30)39/h12-19H2,1-11H3,(H2,30,39). The Morgan fingerprint density at radius 1 is 0.396 bits per heavy atom. The van der Waals surface area contributed by atoms with Crippen molar-refractivity contribution in [3.63, 3.8) is 0 Å². The third-order valence-electron chi connectivity index (χ3n) is 6.69. The Balaban J connectivity index is 4.83. The molecule has 0 radical (unpaired) electrons. The molecule has 0 aromatic carbocycles. The van der Waals surface area contributed by atoms with E-state index in [0.717, 1.165) is 39.2 Å². The smallest absolute Gasteiger partial charge is 0.410 e. The Morgan fingerprint density at radius 2 is 0.583 bits per heavy atom. The van der Waals surface area contributed by atoms with Gasteiger partial charge < -0.3 is 49.7 Å². The number of hydrogen-bond acceptors (Lipinski definition) is 10. The number of nitrogens with two attached hydrogens (primary N) is 1. The van der Waals surface area contributed by atoms with Gasteiger partial charge in [-0.1, -0.05) is 0 Å². The quantitative estimate of drug-likeness (QED) is 0.170. The molecular weight excluding hydrogens is 634 g/mol. The highest BCUT2D eigenvalue weighted by Gasteiger charge is 2.26. The summed E-state index contributed by atoms with van der Waals surface area (Å²) in [7, 11) is 10.9. The van der Waals surface area contributed by atoms with Crippen LogP contribution in [0.15, 0.2) is 0 Å². The second-order valence-electron chi connectivity index (χ2n) is 12.6. The Morgan fingerprint density at radius 3 is 0.771 bits per heavy atom. The Labute approximate surface area is 281 Å². The topological polar surface area (TPSA) is 215 Å². The van der Waals surface area contributed by atoms with Crippen LogP contribution in [0.5, 0.6) is 0 Å². The lowest BCUT2D eigenvalue weighted by atomic mass is 10.2. The average molecular weight is 686 g/mol. The number of carbonyl (C=O) groups excluding carboxylic acids is 9. The molecule has 0 saturated heterocycles. The van der Waals surface area contributed by atoms with E-state index in [4.69, 9.17) is 10.5 Å². The molecule has 19 heteroatoms. The second-order valence-corrected chi connectivity index (χ2v) is 12.6. The van der Waals surface area contributed by atoms with Crippen LogP contribution in [0.25, 0.3) is 0 Å². The Bertz CT molecular complexity index is 1240. The highest BCUT2D eigenvalue weighted by atomic mass is 16.6. The monoisotopic (exact) mass is 685 g/mol. The molecule has 48 heavy (non-hydrogen) atoms. The maximum absolute atomic E-state index is 12.7. The van der Waals surface area contributed by atoms with Gasteiger partial charge in [-0.25, -0.2) is 4.79 Å². The lowest BCUT2D eigenvalue weighted by molar-refractivity contribution is -0.146. The lowest BCUT2D eigenvalue weighted by Gasteiger charge is -2.27. The Hall–Kier alpha value is -4.97. The normalized spacial score (nSPS) is 10.6. The van der Waals surface area contributed by atoms with Gasteiger partial charge in [0.2, 0.25) is 47.3 Å². The zero-order valence-corrected chi connectivity index (χ0v) is 29.9. The van der Waals surface area contributed by atoms with Crippen molar-refractivity contribution in [2.45, 2.75) is 26.4 Å². The maximum Gasteiger partial charge on any atom is 0.410 e. The summed E-state index contributed by atoms with van der Waals surface area (Å²) in [5.41, 5.74) is 4.32. The number of nitrogens with zero attached hydrogens (tertiary/aromatic N) is 8. The van der Waals surface area contributed by atoms with Gasteiger partial charge in [0, 0.05) is 56.4 Å². The van der Waals surface area contributed by atoms with E-state index in [-0.39, 0.29) is 32.7 Å². The molecule has 19 nitrogen and oxygen atoms in total. The van der Waals surface area contributed by atoms with E-state index >= 15 is 0 Å². The third-order valence-corrected chi connectivity index (χ3v) is 6.69. The van der Waals surface area contributed by atoms with E-state index in [2.05, 4.69) is 0 Å². The van der Waals surface area contributed by atoms with E-state index in [1.807, 2.05) is 0 Å². The largest absolute Gasteiger partial charge is 0.444 e. The van der Waals surface area contributed by atoms with E-state index in [0.29, 0.717) is 0 Å². The molecule has 0 aliphatic carbocycles. The number of likely N-dealkylation sites (N-methyl/N-ethyl adjacent to an activating group) is 8. The molecule has 0 aromatic rings. The van der Waals surface area contributed by atoms with Gasteiger partial charge in [0.25, 0.3) is 0 Å². The van der Waals surface area contributed by atoms with Gasteiger partial charge in [-0.2, -0.15) is 0 Å². The minimum absolute atomic E-state index is 0.312. The van der Waals surface area contributed by atoms with Gasteiger partial charge >= 0.3 is 6.09 Å². The number of rotatable bonds is 16. The molecule has 0 bridgehead atoms. The fourth-order valence-corrected chi connectivity index (χ4v) is 3.52. The van der Waals surface area contributed by atoms with Gasteiger partial charge in [0.15, 0.2) is 0 Å². The van der Waals surface area contributed by atoms with Crippen LogP contribution >= 0.6 is 0 Å². The van der Waals surface area contributed by atoms with Crippen molar-refractivity contribution in [3.05, 3.63) is 0 Å². The van der Waals surface area contributed by atoms with Crippen molar-refractivity contribution < 1.29 is 47.9 Å². The average Bonchev–Trinajstić information content (AvgIpc) is 2.94. The minimum atomic E-state index is -0.745. The Kier molecular flexibility index (Phi) is 17.0. The minimum Gasteiger partial charge on any atom is -0.444 e. The molecule has 0 unspecified atom stereocenters. The van der Waals surface area contributed by atoms with Crippen molar-refractivity contribution >= 4 is 53.4 Å². The third kappa shape index (κ3) is 16.0. The molecule has 0 aromatic heterocycles. The van der Waals surface area contributed by atoms with Crippen LogP contribution < -0.4 is 5.73 Å². The highest BCUT2D eigenvalue weighted by molar-refractivity contribution is 5.93. The molecule has 2 N–H and O–H groups in total. The van der Waals surface area contributed by atoms with Crippen LogP contribution in [-0.2, 0) is 43.1 Å². The summed E-state index contributed by atoms with van der Waals surface area (Å²) in [6.07, 6.45) is -0.700. The van der Waals surface area contributed by atoms with Crippen molar-refractivity contribution in [2.24, 2.45) is 5.73 Å². The van der Waals surface area contributed by atoms with E-state index in [1.54, 1.807) is 20.8 Å². The SMILES string of the molecule is CN(CC(N)=O)C(=O)CN(C)C(=O)CN(C)C(=O)CN(C)C(=O)CN(C)C(=O)CN(C)C(=O)CN(C)C(=O)CN(C)C(=O)OC(C)(C)C. The summed E-state index contributed by atoms with van der Waals surface area (Å²) in [5.74, 6) is -4.65. The molecular formula is C29H51N9O10. The molecule has 0 heterocycles. The predicted octanol–water partition coefficient (Wildman–Crippen LogP) is -3.45. The fourth-order valence-electron chi connectivity index (χ4n) is 3.52. The molecule has 0 fully saturated rings. The van der Waals surface area contributed by atoms with Gasteiger partial charge in [-0.05, 0) is 20.8 Å². The number of hydrogen-bond donors (Lipinski definition) is 1. The summed E-state index contributed by atoms with van der Waals surface area (Å²) in [6.45, 7) is 2.11. The van der Waals surface area contributed by atoms with Crippen molar-refractivity contribution in [2.75, 3.05) is 109 Å². The van der Waals surface area contributed by atoms with Crippen LogP contribution in [0.3, 0.4) is 0 Å². The second kappa shape index (κ2) is 19.0. The van der Waals surface area contributed by atoms with Crippen molar-refractivity contribution in [3.8, 4) is 0 Å². The number of amides is 9. The molecule has 9 amide bonds. The molecule has 0 rings (SSSR count). The molecule has 0 saturated carbocycles. The first-order chi connectivity index (χ1) is 21.9. The predicted molar refractivity (Wildman–Crippen MR) is 172 cm³/mol. The number of primary amides is 1.